The molecule has 0 aromatic rings. The molecule has 1 aliphatic heterocycles. The van der Waals surface area contributed by atoms with Crippen molar-refractivity contribution in [1.29, 1.82) is 0 Å². The van der Waals surface area contributed by atoms with Gasteiger partial charge < -0.3 is 14.7 Å². The van der Waals surface area contributed by atoms with E-state index in [-0.39, 0.29) is 18.3 Å². The molecule has 2 atom stereocenters. The molecule has 4 heteroatoms. The summed E-state index contributed by atoms with van der Waals surface area (Å²) in [6.45, 7) is 7.24. The molecule has 0 aromatic carbocycles. The van der Waals surface area contributed by atoms with E-state index in [1.54, 1.807) is 4.90 Å². The van der Waals surface area contributed by atoms with Crippen LogP contribution in [0.3, 0.4) is 0 Å². The monoisotopic (exact) mass is 229 g/mol. The summed E-state index contributed by atoms with van der Waals surface area (Å²) in [5.74, 6) is 0.523. The largest absolute Gasteiger partial charge is 0.446 e. The molecule has 1 rings (SSSR count). The number of nitrogens with zero attached hydrogens (tertiary/aromatic N) is 1. The lowest BCUT2D eigenvalue weighted by Crippen LogP contribution is -2.43. The first kappa shape index (κ1) is 13.3. The van der Waals surface area contributed by atoms with Gasteiger partial charge in [0.05, 0.1) is 6.10 Å². The molecule has 0 aliphatic carbocycles. The molecular weight excluding hydrogens is 206 g/mol. The third kappa shape index (κ3) is 4.39. The summed E-state index contributed by atoms with van der Waals surface area (Å²) in [6.07, 6.45) is 1.79. The minimum Gasteiger partial charge on any atom is -0.446 e. The van der Waals surface area contributed by atoms with Gasteiger partial charge >= 0.3 is 6.09 Å². The van der Waals surface area contributed by atoms with Crippen molar-refractivity contribution in [2.45, 2.75) is 52.2 Å². The smallest absolute Gasteiger partial charge is 0.410 e. The predicted octanol–water partition coefficient (Wildman–Crippen LogP) is 2.01. The lowest BCUT2D eigenvalue weighted by molar-refractivity contribution is 0.0284. The third-order valence-corrected chi connectivity index (χ3v) is 2.76. The van der Waals surface area contributed by atoms with E-state index in [0.29, 0.717) is 19.0 Å². The van der Waals surface area contributed by atoms with Gasteiger partial charge in [0.15, 0.2) is 0 Å². The van der Waals surface area contributed by atoms with Crippen molar-refractivity contribution in [3.8, 4) is 0 Å². The van der Waals surface area contributed by atoms with E-state index in [1.165, 1.54) is 0 Å². The number of amides is 1. The van der Waals surface area contributed by atoms with Crippen molar-refractivity contribution in [1.82, 2.24) is 4.90 Å². The van der Waals surface area contributed by atoms with Gasteiger partial charge in [0.2, 0.25) is 0 Å². The average molecular weight is 229 g/mol. The average Bonchev–Trinajstić information content (AvgIpc) is 2.16. The maximum absolute atomic E-state index is 11.7. The summed E-state index contributed by atoms with van der Waals surface area (Å²) >= 11 is 0. The first-order valence-electron chi connectivity index (χ1n) is 6.12. The molecule has 1 fully saturated rings. The van der Waals surface area contributed by atoms with Crippen molar-refractivity contribution < 1.29 is 14.6 Å². The van der Waals surface area contributed by atoms with Crippen LogP contribution in [-0.4, -0.2) is 41.4 Å². The number of ether oxygens (including phenoxy) is 1. The number of likely N-dealkylation sites (tertiary alicyclic amines) is 1. The van der Waals surface area contributed by atoms with E-state index in [0.717, 1.165) is 19.3 Å². The highest BCUT2D eigenvalue weighted by Gasteiger charge is 2.24. The van der Waals surface area contributed by atoms with Crippen LogP contribution in [0.4, 0.5) is 4.79 Å². The lowest BCUT2D eigenvalue weighted by atomic mass is 10.1. The summed E-state index contributed by atoms with van der Waals surface area (Å²) in [5, 5.41) is 9.46. The van der Waals surface area contributed by atoms with Gasteiger partial charge in [-0.2, -0.15) is 0 Å². The van der Waals surface area contributed by atoms with E-state index < -0.39 is 0 Å². The number of piperidine rings is 1. The minimum absolute atomic E-state index is 0.0495. The second-order valence-corrected chi connectivity index (χ2v) is 5.07. The van der Waals surface area contributed by atoms with Gasteiger partial charge in [0, 0.05) is 13.1 Å². The van der Waals surface area contributed by atoms with Crippen molar-refractivity contribution in [2.75, 3.05) is 13.1 Å². The number of carbonyl (C=O) groups is 1. The Morgan fingerprint density at radius 3 is 2.75 bits per heavy atom. The fraction of sp³-hybridized carbons (Fsp3) is 0.917. The Labute approximate surface area is 97.6 Å². The summed E-state index contributed by atoms with van der Waals surface area (Å²) in [7, 11) is 0. The number of aliphatic hydroxyl groups is 1. The van der Waals surface area contributed by atoms with Crippen molar-refractivity contribution in [3.63, 3.8) is 0 Å². The molecule has 0 bridgehead atoms. The highest BCUT2D eigenvalue weighted by Crippen LogP contribution is 2.14. The standard InChI is InChI=1S/C12H23NO3/c1-9(2)7-10(3)16-12(15)13-6-4-5-11(14)8-13/h9-11,14H,4-8H2,1-3H3/t10-,11-/m0/s1. The fourth-order valence-corrected chi connectivity index (χ4v) is 2.08. The summed E-state index contributed by atoms with van der Waals surface area (Å²) in [6, 6.07) is 0. The number of β-amino-alcohol motifs (C(OH)–C–C–N with tert-alkyl or cyclic N) is 1. The molecule has 0 aromatic heterocycles. The van der Waals surface area contributed by atoms with Gasteiger partial charge in [0.25, 0.3) is 0 Å². The van der Waals surface area contributed by atoms with Crippen LogP contribution in [0, 0.1) is 5.92 Å². The molecule has 1 N–H and O–H groups in total. The summed E-state index contributed by atoms with van der Waals surface area (Å²) < 4.78 is 5.32. The lowest BCUT2D eigenvalue weighted by Gasteiger charge is -2.30. The van der Waals surface area contributed by atoms with Gasteiger partial charge in [0.1, 0.15) is 6.10 Å². The Morgan fingerprint density at radius 1 is 1.50 bits per heavy atom. The van der Waals surface area contributed by atoms with E-state index in [1.807, 2.05) is 6.92 Å². The normalized spacial score (nSPS) is 23.3. The first-order chi connectivity index (χ1) is 7.49. The van der Waals surface area contributed by atoms with Gasteiger partial charge in [-0.3, -0.25) is 0 Å². The van der Waals surface area contributed by atoms with Crippen molar-refractivity contribution in [2.24, 2.45) is 5.92 Å². The highest BCUT2D eigenvalue weighted by molar-refractivity contribution is 5.67. The number of hydrogen-bond donors (Lipinski definition) is 1. The Morgan fingerprint density at radius 2 is 2.19 bits per heavy atom. The molecule has 4 nitrogen and oxygen atoms in total. The molecule has 0 saturated carbocycles. The van der Waals surface area contributed by atoms with Crippen LogP contribution < -0.4 is 0 Å². The number of carbonyl (C=O) groups excluding carboxylic acids is 1. The molecule has 0 unspecified atom stereocenters. The SMILES string of the molecule is CC(C)C[C@H](C)OC(=O)N1CCC[C@H](O)C1. The Balaban J connectivity index is 2.33. The van der Waals surface area contributed by atoms with E-state index in [4.69, 9.17) is 4.74 Å². The number of hydrogen-bond acceptors (Lipinski definition) is 3. The Kier molecular flexibility index (Phi) is 5.06. The molecule has 1 amide bonds. The molecule has 1 heterocycles. The predicted molar refractivity (Wildman–Crippen MR) is 62.2 cm³/mol. The summed E-state index contributed by atoms with van der Waals surface area (Å²) in [4.78, 5) is 13.3. The van der Waals surface area contributed by atoms with Crippen LogP contribution in [0.15, 0.2) is 0 Å². The van der Waals surface area contributed by atoms with Crippen LogP contribution in [0.1, 0.15) is 40.0 Å². The van der Waals surface area contributed by atoms with E-state index >= 15 is 0 Å². The van der Waals surface area contributed by atoms with Gasteiger partial charge in [-0.1, -0.05) is 13.8 Å². The van der Waals surface area contributed by atoms with Crippen LogP contribution >= 0.6 is 0 Å². The third-order valence-electron chi connectivity index (χ3n) is 2.76. The van der Waals surface area contributed by atoms with Crippen LogP contribution in [0.2, 0.25) is 0 Å². The topological polar surface area (TPSA) is 49.8 Å². The zero-order valence-electron chi connectivity index (χ0n) is 10.5. The van der Waals surface area contributed by atoms with Crippen molar-refractivity contribution >= 4 is 6.09 Å². The number of rotatable bonds is 3. The first-order valence-corrected chi connectivity index (χ1v) is 6.12. The second kappa shape index (κ2) is 6.09. The molecule has 0 radical (unpaired) electrons. The minimum atomic E-state index is -0.387. The summed E-state index contributed by atoms with van der Waals surface area (Å²) in [5.41, 5.74) is 0. The molecular formula is C12H23NO3. The molecule has 1 aliphatic rings. The highest BCUT2D eigenvalue weighted by atomic mass is 16.6. The zero-order valence-corrected chi connectivity index (χ0v) is 10.5. The van der Waals surface area contributed by atoms with Gasteiger partial charge in [-0.05, 0) is 32.1 Å². The van der Waals surface area contributed by atoms with Crippen molar-refractivity contribution in [3.05, 3.63) is 0 Å². The molecule has 16 heavy (non-hydrogen) atoms. The van der Waals surface area contributed by atoms with E-state index in [2.05, 4.69) is 13.8 Å². The zero-order chi connectivity index (χ0) is 12.1. The second-order valence-electron chi connectivity index (χ2n) is 5.07. The molecule has 0 spiro atoms. The molecule has 1 saturated heterocycles. The quantitative estimate of drug-likeness (QED) is 0.805. The molecule has 94 valence electrons. The van der Waals surface area contributed by atoms with Gasteiger partial charge in [-0.15, -0.1) is 0 Å². The Hall–Kier alpha value is -0.770. The van der Waals surface area contributed by atoms with E-state index in [9.17, 15) is 9.90 Å². The van der Waals surface area contributed by atoms with Crippen LogP contribution in [0.25, 0.3) is 0 Å². The Bertz CT molecular complexity index is 230. The van der Waals surface area contributed by atoms with Crippen LogP contribution in [0.5, 0.6) is 0 Å². The van der Waals surface area contributed by atoms with Gasteiger partial charge in [-0.25, -0.2) is 4.79 Å². The van der Waals surface area contributed by atoms with Crippen LogP contribution in [-0.2, 0) is 4.74 Å². The fourth-order valence-electron chi connectivity index (χ4n) is 2.08. The maximum atomic E-state index is 11.7. The maximum Gasteiger partial charge on any atom is 0.410 e. The number of aliphatic hydroxyl groups excluding tert-OH is 1.